The lowest BCUT2D eigenvalue weighted by atomic mass is 9.96. The normalized spacial score (nSPS) is 35.9. The van der Waals surface area contributed by atoms with Crippen molar-refractivity contribution < 1.29 is 34.4 Å². The zero-order valence-corrected chi connectivity index (χ0v) is 10.1. The molecular formula is C10H17NO7. The molecule has 1 heterocycles. The first-order valence-electron chi connectivity index (χ1n) is 5.43. The molecule has 0 unspecified atom stereocenters. The van der Waals surface area contributed by atoms with Gasteiger partial charge in [0.15, 0.2) is 12.4 Å². The van der Waals surface area contributed by atoms with Gasteiger partial charge in [-0.25, -0.2) is 0 Å². The molecule has 0 aromatic carbocycles. The molecule has 0 radical (unpaired) electrons. The smallest absolute Gasteiger partial charge is 0.303 e. The average Bonchev–Trinajstić information content (AvgIpc) is 2.27. The van der Waals surface area contributed by atoms with Gasteiger partial charge in [-0.2, -0.15) is 0 Å². The van der Waals surface area contributed by atoms with Crippen LogP contribution in [-0.4, -0.2) is 64.4 Å². The third-order valence-corrected chi connectivity index (χ3v) is 2.54. The van der Waals surface area contributed by atoms with Gasteiger partial charge in [0.05, 0.1) is 6.61 Å². The van der Waals surface area contributed by atoms with Crippen LogP contribution in [0.4, 0.5) is 0 Å². The zero-order chi connectivity index (χ0) is 13.9. The molecule has 0 bridgehead atoms. The van der Waals surface area contributed by atoms with Gasteiger partial charge in [0.2, 0.25) is 5.91 Å². The molecule has 1 saturated heterocycles. The Balaban J connectivity index is 2.89. The summed E-state index contributed by atoms with van der Waals surface area (Å²) < 4.78 is 9.79. The third kappa shape index (κ3) is 3.39. The van der Waals surface area contributed by atoms with Crippen molar-refractivity contribution in [3.63, 3.8) is 0 Å². The fourth-order valence-corrected chi connectivity index (χ4v) is 1.80. The largest absolute Gasteiger partial charge is 0.457 e. The number of amides is 1. The number of hydrogen-bond donors (Lipinski definition) is 4. The van der Waals surface area contributed by atoms with Crippen molar-refractivity contribution in [2.75, 3.05) is 6.61 Å². The van der Waals surface area contributed by atoms with Gasteiger partial charge in [0.25, 0.3) is 0 Å². The first kappa shape index (κ1) is 14.8. The predicted molar refractivity (Wildman–Crippen MR) is 57.1 cm³/mol. The molecule has 0 saturated carbocycles. The summed E-state index contributed by atoms with van der Waals surface area (Å²) in [5, 5.41) is 30.8. The molecule has 1 rings (SSSR count). The van der Waals surface area contributed by atoms with E-state index in [0.717, 1.165) is 6.92 Å². The highest BCUT2D eigenvalue weighted by Crippen LogP contribution is 2.22. The first-order chi connectivity index (χ1) is 8.36. The Labute approximate surface area is 104 Å². The van der Waals surface area contributed by atoms with Gasteiger partial charge in [-0.05, 0) is 0 Å². The topological polar surface area (TPSA) is 125 Å². The Kier molecular flexibility index (Phi) is 5.03. The van der Waals surface area contributed by atoms with Crippen LogP contribution < -0.4 is 5.32 Å². The number of aliphatic hydroxyl groups is 3. The standard InChI is InChI=1S/C10H17NO7/c1-4(13)11-7-9(17-5(2)14)8(15)6(3-12)18-10(7)16/h6-10,12,15-16H,3H2,1-2H3,(H,11,13)/t6-,7-,8+,9-,10-/m0/s1. The highest BCUT2D eigenvalue weighted by molar-refractivity contribution is 5.73. The van der Waals surface area contributed by atoms with Gasteiger partial charge in [0, 0.05) is 13.8 Å². The summed E-state index contributed by atoms with van der Waals surface area (Å²) in [4.78, 5) is 22.0. The number of carbonyl (C=O) groups excluding carboxylic acids is 2. The molecule has 5 atom stereocenters. The zero-order valence-electron chi connectivity index (χ0n) is 10.1. The maximum Gasteiger partial charge on any atom is 0.303 e. The maximum atomic E-state index is 11.0. The van der Waals surface area contributed by atoms with Crippen LogP contribution in [0.1, 0.15) is 13.8 Å². The van der Waals surface area contributed by atoms with E-state index in [1.807, 2.05) is 0 Å². The Morgan fingerprint density at radius 2 is 1.94 bits per heavy atom. The Hall–Kier alpha value is -1.22. The minimum Gasteiger partial charge on any atom is -0.457 e. The minimum atomic E-state index is -1.49. The van der Waals surface area contributed by atoms with Gasteiger partial charge in [-0.1, -0.05) is 0 Å². The van der Waals surface area contributed by atoms with E-state index >= 15 is 0 Å². The van der Waals surface area contributed by atoms with Crippen LogP contribution in [0.25, 0.3) is 0 Å². The number of rotatable bonds is 3. The second-order valence-electron chi connectivity index (χ2n) is 4.04. The van der Waals surface area contributed by atoms with Crippen LogP contribution in [0.15, 0.2) is 0 Å². The quantitative estimate of drug-likeness (QED) is 0.414. The lowest BCUT2D eigenvalue weighted by molar-refractivity contribution is -0.258. The molecule has 1 amide bonds. The van der Waals surface area contributed by atoms with E-state index in [4.69, 9.17) is 14.6 Å². The molecule has 104 valence electrons. The minimum absolute atomic E-state index is 0.477. The van der Waals surface area contributed by atoms with E-state index in [1.54, 1.807) is 0 Å². The third-order valence-electron chi connectivity index (χ3n) is 2.54. The summed E-state index contributed by atoms with van der Waals surface area (Å²) in [5.41, 5.74) is 0. The predicted octanol–water partition coefficient (Wildman–Crippen LogP) is -2.51. The first-order valence-corrected chi connectivity index (χ1v) is 5.43. The fraction of sp³-hybridized carbons (Fsp3) is 0.800. The van der Waals surface area contributed by atoms with Crippen molar-refractivity contribution in [2.45, 2.75) is 44.5 Å². The number of carbonyl (C=O) groups is 2. The average molecular weight is 263 g/mol. The number of nitrogens with one attached hydrogen (secondary N) is 1. The monoisotopic (exact) mass is 263 g/mol. The summed E-state index contributed by atoms with van der Waals surface area (Å²) >= 11 is 0. The lowest BCUT2D eigenvalue weighted by Gasteiger charge is -2.41. The molecule has 1 aliphatic rings. The summed E-state index contributed by atoms with van der Waals surface area (Å²) in [6.07, 6.45) is -5.11. The molecule has 8 heteroatoms. The molecule has 1 fully saturated rings. The van der Waals surface area contributed by atoms with Crippen LogP contribution in [0.5, 0.6) is 0 Å². The Morgan fingerprint density at radius 3 is 2.39 bits per heavy atom. The summed E-state index contributed by atoms with van der Waals surface area (Å²) in [6.45, 7) is 1.79. The molecule has 0 aliphatic carbocycles. The summed E-state index contributed by atoms with van der Waals surface area (Å²) in [5.74, 6) is -1.16. The van der Waals surface area contributed by atoms with Gasteiger partial charge in [-0.15, -0.1) is 0 Å². The molecule has 0 aromatic heterocycles. The molecule has 0 aromatic rings. The summed E-state index contributed by atoms with van der Waals surface area (Å²) in [6, 6.07) is -1.09. The number of aliphatic hydroxyl groups excluding tert-OH is 3. The Bertz CT molecular complexity index is 321. The van der Waals surface area contributed by atoms with E-state index in [1.165, 1.54) is 6.92 Å². The van der Waals surface area contributed by atoms with Crippen LogP contribution in [0.2, 0.25) is 0 Å². The van der Waals surface area contributed by atoms with Crippen LogP contribution >= 0.6 is 0 Å². The van der Waals surface area contributed by atoms with Crippen molar-refractivity contribution >= 4 is 11.9 Å². The van der Waals surface area contributed by atoms with E-state index in [2.05, 4.69) is 5.32 Å². The van der Waals surface area contributed by atoms with Gasteiger partial charge in [0.1, 0.15) is 18.2 Å². The van der Waals surface area contributed by atoms with E-state index < -0.39 is 49.1 Å². The van der Waals surface area contributed by atoms with Gasteiger partial charge < -0.3 is 30.1 Å². The molecule has 4 N–H and O–H groups in total. The lowest BCUT2D eigenvalue weighted by Crippen LogP contribution is -2.65. The molecule has 0 spiro atoms. The van der Waals surface area contributed by atoms with Crippen LogP contribution in [-0.2, 0) is 19.1 Å². The van der Waals surface area contributed by atoms with Crippen molar-refractivity contribution in [3.05, 3.63) is 0 Å². The number of esters is 1. The fourth-order valence-electron chi connectivity index (χ4n) is 1.80. The second kappa shape index (κ2) is 6.10. The molecule has 18 heavy (non-hydrogen) atoms. The van der Waals surface area contributed by atoms with Gasteiger partial charge >= 0.3 is 5.97 Å². The Morgan fingerprint density at radius 1 is 1.33 bits per heavy atom. The SMILES string of the molecule is CC(=O)N[C@H]1[C@H](OC(C)=O)[C@H](O)[C@H](CO)O[C@@H]1O. The summed E-state index contributed by atoms with van der Waals surface area (Å²) in [7, 11) is 0. The molecule has 8 nitrogen and oxygen atoms in total. The van der Waals surface area contributed by atoms with Crippen molar-refractivity contribution in [1.29, 1.82) is 0 Å². The van der Waals surface area contributed by atoms with E-state index in [0.29, 0.717) is 0 Å². The second-order valence-corrected chi connectivity index (χ2v) is 4.04. The van der Waals surface area contributed by atoms with E-state index in [9.17, 15) is 19.8 Å². The van der Waals surface area contributed by atoms with Crippen LogP contribution in [0, 0.1) is 0 Å². The highest BCUT2D eigenvalue weighted by atomic mass is 16.6. The van der Waals surface area contributed by atoms with Crippen molar-refractivity contribution in [2.24, 2.45) is 0 Å². The van der Waals surface area contributed by atoms with Crippen LogP contribution in [0.3, 0.4) is 0 Å². The maximum absolute atomic E-state index is 11.0. The number of hydrogen-bond acceptors (Lipinski definition) is 7. The van der Waals surface area contributed by atoms with Crippen molar-refractivity contribution in [1.82, 2.24) is 5.32 Å². The number of ether oxygens (including phenoxy) is 2. The van der Waals surface area contributed by atoms with E-state index in [-0.39, 0.29) is 0 Å². The molecule has 1 aliphatic heterocycles. The van der Waals surface area contributed by atoms with Gasteiger partial charge in [-0.3, -0.25) is 9.59 Å². The highest BCUT2D eigenvalue weighted by Gasteiger charge is 2.46. The molecular weight excluding hydrogens is 246 g/mol. The van der Waals surface area contributed by atoms with Crippen molar-refractivity contribution in [3.8, 4) is 0 Å².